The van der Waals surface area contributed by atoms with Gasteiger partial charge in [0, 0.05) is 31.1 Å². The summed E-state index contributed by atoms with van der Waals surface area (Å²) < 4.78 is 13.8. The number of aromatic nitrogens is 5. The van der Waals surface area contributed by atoms with Gasteiger partial charge in [0.05, 0.1) is 38.1 Å². The van der Waals surface area contributed by atoms with E-state index in [4.69, 9.17) is 9.47 Å². The van der Waals surface area contributed by atoms with Gasteiger partial charge in [-0.15, -0.1) is 0 Å². The summed E-state index contributed by atoms with van der Waals surface area (Å²) in [5, 5.41) is 10.5. The number of imidazole rings is 1. The summed E-state index contributed by atoms with van der Waals surface area (Å²) in [6, 6.07) is 7.50. The van der Waals surface area contributed by atoms with Gasteiger partial charge in [-0.3, -0.25) is 0 Å². The zero-order chi connectivity index (χ0) is 21.3. The van der Waals surface area contributed by atoms with Crippen molar-refractivity contribution in [3.05, 3.63) is 54.2 Å². The second-order valence-corrected chi connectivity index (χ2v) is 6.50. The summed E-state index contributed by atoms with van der Waals surface area (Å²) in [5.41, 5.74) is 3.21. The number of nitrogens with zero attached hydrogens (tertiary/aromatic N) is 5. The molecule has 154 valence electrons. The van der Waals surface area contributed by atoms with Crippen molar-refractivity contribution in [3.8, 4) is 11.4 Å². The largest absolute Gasteiger partial charge is 0.494 e. The quantitative estimate of drug-likeness (QED) is 0.470. The lowest BCUT2D eigenvalue weighted by molar-refractivity contribution is 0.0602. The molecule has 0 saturated carbocycles. The first-order valence-corrected chi connectivity index (χ1v) is 9.15. The Labute approximate surface area is 172 Å². The molecule has 4 rings (SSSR count). The maximum atomic E-state index is 12.0. The minimum atomic E-state index is -0.502. The molecule has 0 radical (unpaired) electrons. The number of carbonyl (C=O) groups is 1. The van der Waals surface area contributed by atoms with Crippen LogP contribution in [0.1, 0.15) is 16.1 Å². The molecule has 0 aliphatic carbocycles. The lowest BCUT2D eigenvalue weighted by atomic mass is 10.2. The fourth-order valence-electron chi connectivity index (χ4n) is 3.13. The van der Waals surface area contributed by atoms with Gasteiger partial charge in [-0.1, -0.05) is 0 Å². The van der Waals surface area contributed by atoms with Crippen molar-refractivity contribution >= 4 is 28.9 Å². The number of methoxy groups -OCH3 is 2. The van der Waals surface area contributed by atoms with Crippen molar-refractivity contribution in [1.82, 2.24) is 24.1 Å². The molecule has 30 heavy (non-hydrogen) atoms. The fourth-order valence-corrected chi connectivity index (χ4v) is 3.13. The minimum absolute atomic E-state index is 0.279. The van der Waals surface area contributed by atoms with E-state index in [1.54, 1.807) is 31.1 Å². The van der Waals surface area contributed by atoms with Crippen molar-refractivity contribution in [2.75, 3.05) is 31.9 Å². The molecule has 0 saturated heterocycles. The van der Waals surface area contributed by atoms with Gasteiger partial charge in [0.25, 0.3) is 0 Å². The predicted molar refractivity (Wildman–Crippen MR) is 112 cm³/mol. The van der Waals surface area contributed by atoms with Crippen LogP contribution in [0.4, 0.5) is 17.3 Å². The van der Waals surface area contributed by atoms with E-state index in [0.29, 0.717) is 23.0 Å². The Balaban J connectivity index is 1.72. The van der Waals surface area contributed by atoms with Crippen LogP contribution in [0.5, 0.6) is 5.75 Å². The third kappa shape index (κ3) is 3.39. The zero-order valence-electron chi connectivity index (χ0n) is 17.0. The fraction of sp³-hybridized carbons (Fsp3) is 0.200. The SMILES string of the molecule is CNc1cc(Nc2ccc(-n3cnc(C)c3)c(OC)c2)nc2c(C(=O)OC)cnn12. The van der Waals surface area contributed by atoms with Gasteiger partial charge >= 0.3 is 5.97 Å². The first-order valence-electron chi connectivity index (χ1n) is 9.15. The van der Waals surface area contributed by atoms with E-state index in [2.05, 4.69) is 25.7 Å². The number of carbonyl (C=O) groups excluding carboxylic acids is 1. The molecule has 3 aromatic heterocycles. The first kappa shape index (κ1) is 19.2. The summed E-state index contributed by atoms with van der Waals surface area (Å²) in [6.45, 7) is 1.93. The smallest absolute Gasteiger partial charge is 0.343 e. The number of esters is 1. The second kappa shape index (κ2) is 7.74. The van der Waals surface area contributed by atoms with Crippen molar-refractivity contribution in [2.45, 2.75) is 6.92 Å². The van der Waals surface area contributed by atoms with Crippen LogP contribution in [0.25, 0.3) is 11.3 Å². The second-order valence-electron chi connectivity index (χ2n) is 6.50. The van der Waals surface area contributed by atoms with Crippen LogP contribution in [0.3, 0.4) is 0 Å². The van der Waals surface area contributed by atoms with E-state index in [1.165, 1.54) is 13.3 Å². The average molecular weight is 407 g/mol. The third-order valence-corrected chi connectivity index (χ3v) is 4.58. The summed E-state index contributed by atoms with van der Waals surface area (Å²) in [7, 11) is 4.70. The highest BCUT2D eigenvalue weighted by molar-refractivity contribution is 5.96. The molecule has 0 spiro atoms. The highest BCUT2D eigenvalue weighted by Crippen LogP contribution is 2.29. The molecule has 0 fully saturated rings. The molecule has 10 heteroatoms. The molecule has 3 heterocycles. The van der Waals surface area contributed by atoms with E-state index in [9.17, 15) is 4.79 Å². The lowest BCUT2D eigenvalue weighted by Crippen LogP contribution is -2.06. The van der Waals surface area contributed by atoms with Crippen LogP contribution >= 0.6 is 0 Å². The topological polar surface area (TPSA) is 108 Å². The maximum Gasteiger partial charge on any atom is 0.343 e. The highest BCUT2D eigenvalue weighted by Gasteiger charge is 2.17. The molecule has 0 aliphatic heterocycles. The maximum absolute atomic E-state index is 12.0. The Morgan fingerprint density at radius 2 is 2.03 bits per heavy atom. The number of ether oxygens (including phenoxy) is 2. The molecule has 0 bridgehead atoms. The molecule has 2 N–H and O–H groups in total. The molecule has 0 unspecified atom stereocenters. The Hall–Kier alpha value is -4.08. The van der Waals surface area contributed by atoms with Crippen LogP contribution in [0.2, 0.25) is 0 Å². The van der Waals surface area contributed by atoms with Gasteiger partial charge in [-0.25, -0.2) is 14.8 Å². The van der Waals surface area contributed by atoms with Crippen LogP contribution in [-0.4, -0.2) is 51.4 Å². The van der Waals surface area contributed by atoms with E-state index >= 15 is 0 Å². The van der Waals surface area contributed by atoms with E-state index in [1.807, 2.05) is 35.9 Å². The van der Waals surface area contributed by atoms with Gasteiger partial charge in [-0.05, 0) is 19.1 Å². The van der Waals surface area contributed by atoms with E-state index < -0.39 is 5.97 Å². The van der Waals surface area contributed by atoms with E-state index in [0.717, 1.165) is 17.1 Å². The number of rotatable bonds is 6. The molecule has 4 aromatic rings. The van der Waals surface area contributed by atoms with Crippen LogP contribution in [0.15, 0.2) is 43.0 Å². The number of benzene rings is 1. The Morgan fingerprint density at radius 3 is 2.70 bits per heavy atom. The highest BCUT2D eigenvalue weighted by atomic mass is 16.5. The molecule has 10 nitrogen and oxygen atoms in total. The van der Waals surface area contributed by atoms with Crippen LogP contribution < -0.4 is 15.4 Å². The monoisotopic (exact) mass is 407 g/mol. The van der Waals surface area contributed by atoms with Crippen LogP contribution in [0, 0.1) is 6.92 Å². The Morgan fingerprint density at radius 1 is 1.20 bits per heavy atom. The average Bonchev–Trinajstić information content (AvgIpc) is 3.38. The summed E-state index contributed by atoms with van der Waals surface area (Å²) in [5.74, 6) is 1.37. The van der Waals surface area contributed by atoms with Gasteiger partial charge in [0.15, 0.2) is 5.65 Å². The molecule has 0 aliphatic rings. The Bertz CT molecular complexity index is 1230. The summed E-state index contributed by atoms with van der Waals surface area (Å²) >= 11 is 0. The first-order chi connectivity index (χ1) is 14.5. The molecule has 0 atom stereocenters. The van der Waals surface area contributed by atoms with Crippen molar-refractivity contribution in [2.24, 2.45) is 0 Å². The normalized spacial score (nSPS) is 10.8. The minimum Gasteiger partial charge on any atom is -0.494 e. The van der Waals surface area contributed by atoms with Crippen LogP contribution in [-0.2, 0) is 4.74 Å². The number of hydrogen-bond acceptors (Lipinski definition) is 8. The number of nitrogens with one attached hydrogen (secondary N) is 2. The molecular weight excluding hydrogens is 386 g/mol. The summed E-state index contributed by atoms with van der Waals surface area (Å²) in [4.78, 5) is 20.8. The number of hydrogen-bond donors (Lipinski definition) is 2. The summed E-state index contributed by atoms with van der Waals surface area (Å²) in [6.07, 6.45) is 5.10. The van der Waals surface area contributed by atoms with Crippen molar-refractivity contribution < 1.29 is 14.3 Å². The third-order valence-electron chi connectivity index (χ3n) is 4.58. The van der Waals surface area contributed by atoms with E-state index in [-0.39, 0.29) is 5.56 Å². The Kier molecular flexibility index (Phi) is 4.97. The number of aryl methyl sites for hydroxylation is 1. The van der Waals surface area contributed by atoms with Crippen molar-refractivity contribution in [3.63, 3.8) is 0 Å². The zero-order valence-corrected chi connectivity index (χ0v) is 17.0. The molecule has 1 aromatic carbocycles. The van der Waals surface area contributed by atoms with Gasteiger partial charge in [-0.2, -0.15) is 9.61 Å². The predicted octanol–water partition coefficient (Wildman–Crippen LogP) is 2.80. The molecule has 0 amide bonds. The van der Waals surface area contributed by atoms with Gasteiger partial charge < -0.3 is 24.7 Å². The number of fused-ring (bicyclic) bond motifs is 1. The molecular formula is C20H21N7O3. The number of anilines is 3. The van der Waals surface area contributed by atoms with Gasteiger partial charge in [0.1, 0.15) is 22.9 Å². The lowest BCUT2D eigenvalue weighted by Gasteiger charge is -2.13. The van der Waals surface area contributed by atoms with Crippen molar-refractivity contribution in [1.29, 1.82) is 0 Å². The van der Waals surface area contributed by atoms with Gasteiger partial charge in [0.2, 0.25) is 0 Å². The standard InChI is InChI=1S/C20H21N7O3/c1-12-10-26(11-22-12)15-6-5-13(7-16(15)29-3)24-17-8-18(21-2)27-19(25-17)14(9-23-27)20(28)30-4/h5-11,21H,1-4H3,(H,24,25).